The maximum atomic E-state index is 10.7. The number of allylic oxidation sites excluding steroid dienone is 1. The second-order valence-corrected chi connectivity index (χ2v) is 3.86. The Labute approximate surface area is 90.8 Å². The molecule has 0 spiro atoms. The van der Waals surface area contributed by atoms with Crippen molar-refractivity contribution >= 4 is 5.97 Å². The van der Waals surface area contributed by atoms with Crippen molar-refractivity contribution in [2.75, 3.05) is 20.7 Å². The minimum atomic E-state index is -0.275. The number of esters is 1. The van der Waals surface area contributed by atoms with Crippen molar-refractivity contribution in [3.05, 3.63) is 17.9 Å². The molecule has 1 fully saturated rings. The van der Waals surface area contributed by atoms with Crippen molar-refractivity contribution in [2.24, 2.45) is 0 Å². The number of carbonyl (C=O) groups is 1. The highest BCUT2D eigenvalue weighted by atomic mass is 16.6. The van der Waals surface area contributed by atoms with Crippen LogP contribution in [0.25, 0.3) is 0 Å². The van der Waals surface area contributed by atoms with Crippen LogP contribution in [0, 0.1) is 6.42 Å². The van der Waals surface area contributed by atoms with Gasteiger partial charge in [-0.25, -0.2) is 0 Å². The monoisotopic (exact) mass is 212 g/mol. The van der Waals surface area contributed by atoms with E-state index in [1.807, 2.05) is 25.9 Å². The molecule has 0 aliphatic heterocycles. The Bertz CT molecular complexity index is 265. The smallest absolute Gasteiger partial charge is 0.303 e. The lowest BCUT2D eigenvalue weighted by Gasteiger charge is -2.20. The van der Waals surface area contributed by atoms with Crippen LogP contribution in [-0.2, 0) is 14.3 Å². The Hall–Kier alpha value is -1.19. The van der Waals surface area contributed by atoms with E-state index in [0.717, 1.165) is 12.3 Å². The number of hydrogen-bond donors (Lipinski definition) is 0. The van der Waals surface area contributed by atoms with Gasteiger partial charge in [0.25, 0.3) is 0 Å². The van der Waals surface area contributed by atoms with Gasteiger partial charge in [-0.3, -0.25) is 4.79 Å². The topological polar surface area (TPSA) is 38.8 Å². The molecule has 0 aromatic heterocycles. The molecule has 85 valence electrons. The number of rotatable bonds is 5. The van der Waals surface area contributed by atoms with Crippen LogP contribution in [0.3, 0.4) is 0 Å². The summed E-state index contributed by atoms with van der Waals surface area (Å²) in [5.41, 5.74) is 1.22. The third-order valence-electron chi connectivity index (χ3n) is 1.91. The Morgan fingerprint density at radius 2 is 2.20 bits per heavy atom. The van der Waals surface area contributed by atoms with Gasteiger partial charge in [-0.2, -0.15) is 0 Å². The summed E-state index contributed by atoms with van der Waals surface area (Å²) in [7, 11) is 3.87. The minimum Gasteiger partial charge on any atom is -0.475 e. The molecule has 1 unspecified atom stereocenters. The lowest BCUT2D eigenvalue weighted by Crippen LogP contribution is -2.22. The van der Waals surface area contributed by atoms with Crippen molar-refractivity contribution in [3.63, 3.8) is 0 Å². The molecule has 1 atom stereocenters. The van der Waals surface area contributed by atoms with Crippen molar-refractivity contribution in [3.8, 4) is 0 Å². The maximum absolute atomic E-state index is 10.7. The zero-order valence-electron chi connectivity index (χ0n) is 9.74. The van der Waals surface area contributed by atoms with E-state index in [4.69, 9.17) is 9.47 Å². The standard InChI is InChI=1S/C11H18NO3/c1-8(15-9(2)13)7-14-11(12(3)4)10-5-6-10/h5,8H,6-7H2,1-4H3/b11-10+. The van der Waals surface area contributed by atoms with Gasteiger partial charge >= 0.3 is 5.97 Å². The van der Waals surface area contributed by atoms with Crippen LogP contribution in [-0.4, -0.2) is 37.7 Å². The van der Waals surface area contributed by atoms with E-state index in [1.54, 1.807) is 0 Å². The zero-order valence-corrected chi connectivity index (χ0v) is 9.74. The summed E-state index contributed by atoms with van der Waals surface area (Å²) >= 11 is 0. The highest BCUT2D eigenvalue weighted by Gasteiger charge is 2.22. The number of carbonyl (C=O) groups excluding carboxylic acids is 1. The number of hydrogen-bond acceptors (Lipinski definition) is 4. The van der Waals surface area contributed by atoms with Gasteiger partial charge in [-0.1, -0.05) is 0 Å². The first kappa shape index (κ1) is 11.9. The third kappa shape index (κ3) is 4.23. The molecule has 0 N–H and O–H groups in total. The molecule has 0 saturated heterocycles. The van der Waals surface area contributed by atoms with Crippen LogP contribution in [0.2, 0.25) is 0 Å². The fraction of sp³-hybridized carbons (Fsp3) is 0.636. The first-order valence-corrected chi connectivity index (χ1v) is 5.04. The lowest BCUT2D eigenvalue weighted by molar-refractivity contribution is -0.147. The van der Waals surface area contributed by atoms with E-state index < -0.39 is 0 Å². The van der Waals surface area contributed by atoms with Gasteiger partial charge in [0.05, 0.1) is 0 Å². The molecule has 0 bridgehead atoms. The molecular weight excluding hydrogens is 194 g/mol. The van der Waals surface area contributed by atoms with Gasteiger partial charge in [-0.05, 0) is 25.3 Å². The molecule has 15 heavy (non-hydrogen) atoms. The predicted octanol–water partition coefficient (Wildman–Crippen LogP) is 1.34. The van der Waals surface area contributed by atoms with Crippen molar-refractivity contribution in [1.29, 1.82) is 0 Å². The summed E-state index contributed by atoms with van der Waals surface area (Å²) in [6.07, 6.45) is 2.89. The van der Waals surface area contributed by atoms with Crippen LogP contribution < -0.4 is 0 Å². The fourth-order valence-corrected chi connectivity index (χ4v) is 1.25. The Morgan fingerprint density at radius 3 is 2.60 bits per heavy atom. The minimum absolute atomic E-state index is 0.211. The molecule has 1 aliphatic carbocycles. The van der Waals surface area contributed by atoms with Crippen molar-refractivity contribution < 1.29 is 14.3 Å². The van der Waals surface area contributed by atoms with Crippen LogP contribution in [0.5, 0.6) is 0 Å². The molecule has 1 radical (unpaired) electrons. The van der Waals surface area contributed by atoms with Gasteiger partial charge < -0.3 is 14.4 Å². The third-order valence-corrected chi connectivity index (χ3v) is 1.91. The number of nitrogens with zero attached hydrogens (tertiary/aromatic N) is 1. The molecule has 1 rings (SSSR count). The average Bonchev–Trinajstić information content (AvgIpc) is 2.86. The summed E-state index contributed by atoms with van der Waals surface area (Å²) in [5, 5.41) is 0. The van der Waals surface area contributed by atoms with E-state index >= 15 is 0 Å². The molecule has 4 nitrogen and oxygen atoms in total. The summed E-state index contributed by atoms with van der Waals surface area (Å²) in [6.45, 7) is 3.61. The molecule has 0 heterocycles. The van der Waals surface area contributed by atoms with E-state index in [2.05, 4.69) is 6.42 Å². The molecule has 1 aliphatic rings. The second kappa shape index (κ2) is 5.05. The largest absolute Gasteiger partial charge is 0.475 e. The summed E-state index contributed by atoms with van der Waals surface area (Å²) in [5.74, 6) is 0.595. The quantitative estimate of drug-likeness (QED) is 0.509. The maximum Gasteiger partial charge on any atom is 0.303 e. The van der Waals surface area contributed by atoms with Crippen molar-refractivity contribution in [2.45, 2.75) is 26.4 Å². The fourth-order valence-electron chi connectivity index (χ4n) is 1.25. The molecule has 0 amide bonds. The molecule has 4 heteroatoms. The Kier molecular flexibility index (Phi) is 4.00. The van der Waals surface area contributed by atoms with Gasteiger partial charge in [0, 0.05) is 21.0 Å². The number of ether oxygens (including phenoxy) is 2. The van der Waals surface area contributed by atoms with Crippen LogP contribution in [0.15, 0.2) is 11.5 Å². The Morgan fingerprint density at radius 1 is 1.60 bits per heavy atom. The first-order chi connectivity index (χ1) is 7.00. The van der Waals surface area contributed by atoms with Crippen LogP contribution in [0.1, 0.15) is 20.3 Å². The summed E-state index contributed by atoms with van der Waals surface area (Å²) < 4.78 is 10.6. The van der Waals surface area contributed by atoms with Crippen LogP contribution in [0.4, 0.5) is 0 Å². The predicted molar refractivity (Wildman–Crippen MR) is 56.8 cm³/mol. The Balaban J connectivity index is 2.35. The van der Waals surface area contributed by atoms with Gasteiger partial charge in [0.1, 0.15) is 12.7 Å². The highest BCUT2D eigenvalue weighted by Crippen LogP contribution is 2.31. The van der Waals surface area contributed by atoms with Crippen molar-refractivity contribution in [1.82, 2.24) is 4.90 Å². The van der Waals surface area contributed by atoms with E-state index in [0.29, 0.717) is 6.61 Å². The zero-order chi connectivity index (χ0) is 11.4. The lowest BCUT2D eigenvalue weighted by atomic mass is 10.4. The molecule has 1 saturated carbocycles. The van der Waals surface area contributed by atoms with Gasteiger partial charge in [-0.15, -0.1) is 0 Å². The van der Waals surface area contributed by atoms with Gasteiger partial charge in [0.15, 0.2) is 5.88 Å². The average molecular weight is 212 g/mol. The van der Waals surface area contributed by atoms with Gasteiger partial charge in [0.2, 0.25) is 0 Å². The second-order valence-electron chi connectivity index (χ2n) is 3.86. The van der Waals surface area contributed by atoms with E-state index in [1.165, 1.54) is 12.5 Å². The van der Waals surface area contributed by atoms with E-state index in [9.17, 15) is 4.79 Å². The highest BCUT2D eigenvalue weighted by molar-refractivity contribution is 5.66. The first-order valence-electron chi connectivity index (χ1n) is 5.04. The molecular formula is C11H18NO3. The molecule has 0 aromatic carbocycles. The summed E-state index contributed by atoms with van der Waals surface area (Å²) in [6, 6.07) is 0. The molecule has 0 aromatic rings. The van der Waals surface area contributed by atoms with E-state index in [-0.39, 0.29) is 12.1 Å². The normalized spacial score (nSPS) is 19.2. The summed E-state index contributed by atoms with van der Waals surface area (Å²) in [4.78, 5) is 12.6. The SMILES string of the molecule is CC(=O)OC(C)CO/C(=C1\[CH]C1)N(C)C. The van der Waals surface area contributed by atoms with Crippen LogP contribution >= 0.6 is 0 Å².